The van der Waals surface area contributed by atoms with E-state index in [2.05, 4.69) is 0 Å². The maximum atomic E-state index is 12.3. The van der Waals surface area contributed by atoms with Crippen molar-refractivity contribution in [1.82, 2.24) is 4.90 Å². The van der Waals surface area contributed by atoms with Crippen LogP contribution in [0.1, 0.15) is 0 Å². The van der Waals surface area contributed by atoms with Gasteiger partial charge in [0, 0.05) is 12.1 Å². The second-order valence-electron chi connectivity index (χ2n) is 2.48. The summed E-state index contributed by atoms with van der Waals surface area (Å²) in [5.74, 6) is 0. The molecule has 0 radical (unpaired) electrons. The highest BCUT2D eigenvalue weighted by Crippen LogP contribution is 2.17. The van der Waals surface area contributed by atoms with Crippen molar-refractivity contribution in [2.45, 2.75) is 0 Å². The fourth-order valence-corrected chi connectivity index (χ4v) is 1.14. The lowest BCUT2D eigenvalue weighted by molar-refractivity contribution is 0.229. The lowest BCUT2D eigenvalue weighted by atomic mass is 10.1. The Hall–Kier alpha value is -0.930. The van der Waals surface area contributed by atoms with Crippen molar-refractivity contribution in [3.05, 3.63) is 23.4 Å². The predicted molar refractivity (Wildman–Crippen MR) is 40.8 cm³/mol. The van der Waals surface area contributed by atoms with Crippen molar-refractivity contribution in [1.29, 1.82) is 0 Å². The minimum absolute atomic E-state index is 0.127. The lowest BCUT2D eigenvalue weighted by Gasteiger charge is -2.25. The van der Waals surface area contributed by atoms with Gasteiger partial charge >= 0.3 is 0 Å². The smallest absolute Gasteiger partial charge is 0.162 e. The Bertz CT molecular complexity index is 210. The van der Waals surface area contributed by atoms with E-state index in [0.29, 0.717) is 6.54 Å². The van der Waals surface area contributed by atoms with Crippen molar-refractivity contribution < 1.29 is 13.2 Å². The highest BCUT2D eigenvalue weighted by Gasteiger charge is 2.15. The molecule has 0 atom stereocenters. The van der Waals surface area contributed by atoms with Crippen LogP contribution in [0.4, 0.5) is 13.2 Å². The maximum absolute atomic E-state index is 12.3. The third-order valence-corrected chi connectivity index (χ3v) is 1.81. The van der Waals surface area contributed by atoms with Gasteiger partial charge < -0.3 is 4.90 Å². The van der Waals surface area contributed by atoms with Crippen LogP contribution < -0.4 is 0 Å². The summed E-state index contributed by atoms with van der Waals surface area (Å²) >= 11 is 0. The van der Waals surface area contributed by atoms with Gasteiger partial charge in [-0.05, 0) is 0 Å². The summed E-state index contributed by atoms with van der Waals surface area (Å²) in [6.45, 7) is -2.01. The van der Waals surface area contributed by atoms with E-state index in [1.807, 2.05) is 0 Å². The largest absolute Gasteiger partial charge is 0.341 e. The van der Waals surface area contributed by atoms with E-state index in [-0.39, 0.29) is 11.3 Å². The number of hydrogen-bond donors (Lipinski definition) is 0. The fraction of sp³-hybridized carbons (Fsp3) is 0.500. The summed E-state index contributed by atoms with van der Waals surface area (Å²) in [6.07, 6.45) is 3.12. The molecule has 0 saturated carbocycles. The van der Waals surface area contributed by atoms with Gasteiger partial charge in [-0.25, -0.2) is 13.2 Å². The molecule has 0 saturated heterocycles. The molecule has 0 aromatic rings. The second kappa shape index (κ2) is 4.18. The Morgan fingerprint density at radius 3 is 2.50 bits per heavy atom. The molecule has 1 rings (SSSR count). The number of allylic oxidation sites excluding steroid dienone is 3. The number of hydrogen-bond acceptors (Lipinski definition) is 1. The van der Waals surface area contributed by atoms with E-state index in [1.54, 1.807) is 6.08 Å². The molecule has 1 aliphatic heterocycles. The molecular formula is C8H10F3N. The molecule has 0 spiro atoms. The Balaban J connectivity index is 2.85. The normalized spacial score (nSPS) is 17.4. The summed E-state index contributed by atoms with van der Waals surface area (Å²) in [5, 5.41) is 0. The van der Waals surface area contributed by atoms with Gasteiger partial charge in [0.15, 0.2) is 6.80 Å². The Labute approximate surface area is 69.2 Å². The number of rotatable bonds is 3. The average molecular weight is 177 g/mol. The molecule has 12 heavy (non-hydrogen) atoms. The first-order valence-electron chi connectivity index (χ1n) is 3.65. The first-order valence-corrected chi connectivity index (χ1v) is 3.65. The molecule has 1 nitrogen and oxygen atoms in total. The summed E-state index contributed by atoms with van der Waals surface area (Å²) in [7, 11) is 0. The molecule has 0 aromatic heterocycles. The highest BCUT2D eigenvalue weighted by atomic mass is 19.1. The van der Waals surface area contributed by atoms with Crippen molar-refractivity contribution in [2.75, 3.05) is 26.7 Å². The van der Waals surface area contributed by atoms with Gasteiger partial charge in [0.25, 0.3) is 0 Å². The minimum Gasteiger partial charge on any atom is -0.341 e. The van der Waals surface area contributed by atoms with Gasteiger partial charge in [-0.2, -0.15) is 0 Å². The van der Waals surface area contributed by atoms with Crippen LogP contribution in [0.25, 0.3) is 0 Å². The zero-order chi connectivity index (χ0) is 8.97. The van der Waals surface area contributed by atoms with Crippen LogP contribution in [0.5, 0.6) is 0 Å². The molecule has 0 fully saturated rings. The molecule has 1 heterocycles. The van der Waals surface area contributed by atoms with Gasteiger partial charge in [0.2, 0.25) is 0 Å². The van der Waals surface area contributed by atoms with E-state index in [0.717, 1.165) is 0 Å². The van der Waals surface area contributed by atoms with Gasteiger partial charge in [0.05, 0.1) is 5.70 Å². The molecular weight excluding hydrogens is 167 g/mol. The Kier molecular flexibility index (Phi) is 3.19. The van der Waals surface area contributed by atoms with Crippen LogP contribution in [-0.4, -0.2) is 31.6 Å². The van der Waals surface area contributed by atoms with Crippen LogP contribution in [-0.2, 0) is 0 Å². The van der Waals surface area contributed by atoms with Crippen molar-refractivity contribution >= 4 is 0 Å². The molecule has 68 valence electrons. The topological polar surface area (TPSA) is 3.24 Å². The fourth-order valence-electron chi connectivity index (χ4n) is 1.14. The zero-order valence-corrected chi connectivity index (χ0v) is 6.56. The molecule has 1 aliphatic rings. The quantitative estimate of drug-likeness (QED) is 0.596. The molecule has 0 unspecified atom stereocenters. The van der Waals surface area contributed by atoms with Crippen LogP contribution in [0.3, 0.4) is 0 Å². The third kappa shape index (κ3) is 1.62. The van der Waals surface area contributed by atoms with Crippen LogP contribution >= 0.6 is 0 Å². The molecule has 0 bridgehead atoms. The van der Waals surface area contributed by atoms with E-state index in [1.165, 1.54) is 11.0 Å². The van der Waals surface area contributed by atoms with Crippen LogP contribution in [0.2, 0.25) is 0 Å². The standard InChI is InChI=1S/C8H10F3N/c9-4-7-2-1-3-12(6-11)8(7)5-10/h1-2H,3-6H2. The molecule has 4 heteroatoms. The zero-order valence-electron chi connectivity index (χ0n) is 6.56. The van der Waals surface area contributed by atoms with E-state index in [4.69, 9.17) is 0 Å². The second-order valence-corrected chi connectivity index (χ2v) is 2.48. The van der Waals surface area contributed by atoms with Crippen molar-refractivity contribution in [2.24, 2.45) is 0 Å². The van der Waals surface area contributed by atoms with E-state index < -0.39 is 20.1 Å². The summed E-state index contributed by atoms with van der Waals surface area (Å²) in [6, 6.07) is 0. The van der Waals surface area contributed by atoms with Crippen molar-refractivity contribution in [3.8, 4) is 0 Å². The van der Waals surface area contributed by atoms with Crippen molar-refractivity contribution in [3.63, 3.8) is 0 Å². The third-order valence-electron chi connectivity index (χ3n) is 1.81. The molecule has 0 aliphatic carbocycles. The Morgan fingerprint density at radius 2 is 2.00 bits per heavy atom. The van der Waals surface area contributed by atoms with Gasteiger partial charge in [0.1, 0.15) is 13.3 Å². The lowest BCUT2D eigenvalue weighted by Crippen LogP contribution is -2.27. The summed E-state index contributed by atoms with van der Waals surface area (Å²) in [4.78, 5) is 1.18. The maximum Gasteiger partial charge on any atom is 0.162 e. The summed E-state index contributed by atoms with van der Waals surface area (Å²) in [5.41, 5.74) is 0.365. The average Bonchev–Trinajstić information content (AvgIpc) is 2.16. The molecule has 0 aromatic carbocycles. The van der Waals surface area contributed by atoms with Gasteiger partial charge in [-0.1, -0.05) is 12.2 Å². The predicted octanol–water partition coefficient (Wildman–Crippen LogP) is 1.98. The van der Waals surface area contributed by atoms with Gasteiger partial charge in [-0.15, -0.1) is 0 Å². The summed E-state index contributed by atoms with van der Waals surface area (Å²) < 4.78 is 36.7. The Morgan fingerprint density at radius 1 is 1.25 bits per heavy atom. The highest BCUT2D eigenvalue weighted by molar-refractivity contribution is 5.29. The van der Waals surface area contributed by atoms with Gasteiger partial charge in [-0.3, -0.25) is 0 Å². The van der Waals surface area contributed by atoms with E-state index in [9.17, 15) is 13.2 Å². The molecule has 0 N–H and O–H groups in total. The molecule has 0 amide bonds. The first-order chi connectivity index (χ1) is 5.83. The number of halogens is 3. The SMILES string of the molecule is FCC1=C(CF)N(CF)CC=C1. The first kappa shape index (κ1) is 9.16. The van der Waals surface area contributed by atoms with Crippen LogP contribution in [0, 0.1) is 0 Å². The monoisotopic (exact) mass is 177 g/mol. The van der Waals surface area contributed by atoms with Crippen LogP contribution in [0.15, 0.2) is 23.4 Å². The number of alkyl halides is 3. The number of nitrogens with zero attached hydrogens (tertiary/aromatic N) is 1. The minimum atomic E-state index is -0.812. The van der Waals surface area contributed by atoms with E-state index >= 15 is 0 Å².